The standard InChI is InChI=1S/C7H14Cl4N2/c1-3-5(4-2,6(8,9)12)7(10,11)13/h3-4,12-13H2,1-2H3. The second kappa shape index (κ2) is 4.30. The van der Waals surface area contributed by atoms with Gasteiger partial charge in [0.05, 0.1) is 5.41 Å². The van der Waals surface area contributed by atoms with Crippen LogP contribution in [0.25, 0.3) is 0 Å². The predicted molar refractivity (Wildman–Crippen MR) is 60.3 cm³/mol. The highest BCUT2D eigenvalue weighted by atomic mass is 35.5. The molecule has 13 heavy (non-hydrogen) atoms. The molecular formula is C7H14Cl4N2. The van der Waals surface area contributed by atoms with Crippen LogP contribution in [0.3, 0.4) is 0 Å². The maximum Gasteiger partial charge on any atom is 0.176 e. The molecule has 2 nitrogen and oxygen atoms in total. The van der Waals surface area contributed by atoms with Crippen molar-refractivity contribution in [3.05, 3.63) is 0 Å². The summed E-state index contributed by atoms with van der Waals surface area (Å²) in [7, 11) is 0. The normalized spacial score (nSPS) is 14.8. The van der Waals surface area contributed by atoms with Gasteiger partial charge < -0.3 is 0 Å². The summed E-state index contributed by atoms with van der Waals surface area (Å²) in [5.41, 5.74) is 10.3. The third kappa shape index (κ3) is 2.55. The second-order valence-corrected chi connectivity index (χ2v) is 5.81. The van der Waals surface area contributed by atoms with Gasteiger partial charge in [0.25, 0.3) is 0 Å². The average Bonchev–Trinajstić information content (AvgIpc) is 1.84. The summed E-state index contributed by atoms with van der Waals surface area (Å²) in [6.45, 7) is 3.67. The van der Waals surface area contributed by atoms with Gasteiger partial charge in [-0.3, -0.25) is 11.5 Å². The van der Waals surface area contributed by atoms with Crippen LogP contribution in [0.1, 0.15) is 26.7 Å². The van der Waals surface area contributed by atoms with Gasteiger partial charge in [-0.1, -0.05) is 60.3 Å². The van der Waals surface area contributed by atoms with Crippen molar-refractivity contribution >= 4 is 46.4 Å². The molecule has 0 aliphatic heterocycles. The van der Waals surface area contributed by atoms with E-state index in [1.807, 2.05) is 13.8 Å². The Bertz CT molecular complexity index is 150. The third-order valence-electron chi connectivity index (χ3n) is 2.48. The summed E-state index contributed by atoms with van der Waals surface area (Å²) in [4.78, 5) is 0. The zero-order chi connectivity index (χ0) is 10.9. The molecule has 0 unspecified atom stereocenters. The van der Waals surface area contributed by atoms with E-state index in [1.165, 1.54) is 0 Å². The molecule has 0 aliphatic rings. The van der Waals surface area contributed by atoms with Crippen LogP contribution in [0, 0.1) is 5.41 Å². The topological polar surface area (TPSA) is 52.0 Å². The number of hydrogen-bond donors (Lipinski definition) is 2. The van der Waals surface area contributed by atoms with Crippen molar-refractivity contribution in [3.8, 4) is 0 Å². The molecule has 0 saturated carbocycles. The zero-order valence-corrected chi connectivity index (χ0v) is 10.6. The minimum Gasteiger partial charge on any atom is -0.300 e. The predicted octanol–water partition coefficient (Wildman–Crippen LogP) is 2.97. The molecule has 0 bridgehead atoms. The quantitative estimate of drug-likeness (QED) is 0.608. The molecule has 0 fully saturated rings. The fourth-order valence-corrected chi connectivity index (χ4v) is 3.27. The molecule has 0 amide bonds. The van der Waals surface area contributed by atoms with E-state index in [0.717, 1.165) is 0 Å². The number of hydrogen-bond acceptors (Lipinski definition) is 2. The van der Waals surface area contributed by atoms with Crippen LogP contribution < -0.4 is 11.5 Å². The Morgan fingerprint density at radius 2 is 1.08 bits per heavy atom. The first kappa shape index (κ1) is 14.1. The Balaban J connectivity index is 5.17. The summed E-state index contributed by atoms with van der Waals surface area (Å²) in [5, 5.41) is 0. The number of alkyl halides is 4. The lowest BCUT2D eigenvalue weighted by atomic mass is 9.81. The molecule has 0 aromatic heterocycles. The van der Waals surface area contributed by atoms with Crippen LogP contribution >= 0.6 is 46.4 Å². The van der Waals surface area contributed by atoms with Gasteiger partial charge >= 0.3 is 0 Å². The lowest BCUT2D eigenvalue weighted by molar-refractivity contribution is 0.194. The van der Waals surface area contributed by atoms with Gasteiger partial charge in [-0.25, -0.2) is 0 Å². The molecule has 0 rings (SSSR count). The van der Waals surface area contributed by atoms with Gasteiger partial charge in [-0.05, 0) is 12.8 Å². The summed E-state index contributed by atoms with van der Waals surface area (Å²) in [6, 6.07) is 0. The Labute approximate surface area is 98.8 Å². The lowest BCUT2D eigenvalue weighted by Gasteiger charge is -2.45. The maximum atomic E-state index is 5.84. The summed E-state index contributed by atoms with van der Waals surface area (Å²) in [6.07, 6.45) is 0.993. The molecule has 0 saturated heterocycles. The summed E-state index contributed by atoms with van der Waals surface area (Å²) >= 11 is 23.3. The zero-order valence-electron chi connectivity index (χ0n) is 7.58. The highest BCUT2D eigenvalue weighted by Gasteiger charge is 2.56. The molecule has 0 aromatic rings. The van der Waals surface area contributed by atoms with Crippen LogP contribution in [0.5, 0.6) is 0 Å². The first-order valence-electron chi connectivity index (χ1n) is 3.95. The molecule has 6 heteroatoms. The van der Waals surface area contributed by atoms with Crippen LogP contribution in [-0.4, -0.2) is 8.91 Å². The van der Waals surface area contributed by atoms with Crippen molar-refractivity contribution in [1.29, 1.82) is 0 Å². The molecule has 4 N–H and O–H groups in total. The largest absolute Gasteiger partial charge is 0.300 e. The number of nitrogens with two attached hydrogens (primary N) is 2. The monoisotopic (exact) mass is 266 g/mol. The highest BCUT2D eigenvalue weighted by molar-refractivity contribution is 6.53. The molecule has 0 radical (unpaired) electrons. The molecule has 80 valence electrons. The number of rotatable bonds is 4. The molecule has 0 spiro atoms. The molecule has 0 atom stereocenters. The fraction of sp³-hybridized carbons (Fsp3) is 1.00. The van der Waals surface area contributed by atoms with Crippen LogP contribution in [0.4, 0.5) is 0 Å². The van der Waals surface area contributed by atoms with E-state index in [-0.39, 0.29) is 0 Å². The molecule has 0 heterocycles. The van der Waals surface area contributed by atoms with E-state index in [2.05, 4.69) is 0 Å². The molecular weight excluding hydrogens is 254 g/mol. The van der Waals surface area contributed by atoms with E-state index >= 15 is 0 Å². The van der Waals surface area contributed by atoms with Crippen molar-refractivity contribution in [1.82, 2.24) is 0 Å². The van der Waals surface area contributed by atoms with E-state index in [1.54, 1.807) is 0 Å². The second-order valence-electron chi connectivity index (χ2n) is 3.04. The fourth-order valence-electron chi connectivity index (χ4n) is 1.41. The van der Waals surface area contributed by atoms with Gasteiger partial charge in [0.15, 0.2) is 8.91 Å². The van der Waals surface area contributed by atoms with Crippen LogP contribution in [0.2, 0.25) is 0 Å². The van der Waals surface area contributed by atoms with Crippen LogP contribution in [0.15, 0.2) is 0 Å². The highest BCUT2D eigenvalue weighted by Crippen LogP contribution is 2.52. The van der Waals surface area contributed by atoms with Crippen molar-refractivity contribution in [3.63, 3.8) is 0 Å². The van der Waals surface area contributed by atoms with Crippen molar-refractivity contribution in [2.24, 2.45) is 16.9 Å². The lowest BCUT2D eigenvalue weighted by Crippen LogP contribution is -2.59. The summed E-state index contributed by atoms with van der Waals surface area (Å²) in [5.74, 6) is 0. The minimum absolute atomic E-state index is 0.497. The van der Waals surface area contributed by atoms with E-state index in [9.17, 15) is 0 Å². The van der Waals surface area contributed by atoms with Gasteiger partial charge in [0.2, 0.25) is 0 Å². The van der Waals surface area contributed by atoms with Gasteiger partial charge in [-0.2, -0.15) is 0 Å². The van der Waals surface area contributed by atoms with Crippen molar-refractivity contribution in [2.75, 3.05) is 0 Å². The Hall–Kier alpha value is 1.08. The average molecular weight is 268 g/mol. The maximum absolute atomic E-state index is 5.84. The Morgan fingerprint density at radius 3 is 1.08 bits per heavy atom. The molecule has 0 aromatic carbocycles. The van der Waals surface area contributed by atoms with E-state index < -0.39 is 14.3 Å². The summed E-state index contributed by atoms with van der Waals surface area (Å²) < 4.78 is -3.09. The third-order valence-corrected chi connectivity index (χ3v) is 3.93. The van der Waals surface area contributed by atoms with E-state index in [4.69, 9.17) is 57.9 Å². The Morgan fingerprint density at radius 1 is 0.846 bits per heavy atom. The molecule has 0 aliphatic carbocycles. The first-order valence-corrected chi connectivity index (χ1v) is 5.47. The SMILES string of the molecule is CCC(CC)(C(N)(Cl)Cl)C(N)(Cl)Cl. The van der Waals surface area contributed by atoms with E-state index in [0.29, 0.717) is 12.8 Å². The smallest absolute Gasteiger partial charge is 0.176 e. The Kier molecular flexibility index (Phi) is 4.65. The van der Waals surface area contributed by atoms with Crippen molar-refractivity contribution in [2.45, 2.75) is 35.6 Å². The minimum atomic E-state index is -1.55. The van der Waals surface area contributed by atoms with Gasteiger partial charge in [0, 0.05) is 0 Å². The number of halogens is 4. The van der Waals surface area contributed by atoms with Crippen molar-refractivity contribution < 1.29 is 0 Å². The first-order chi connectivity index (χ1) is 5.62. The van der Waals surface area contributed by atoms with Gasteiger partial charge in [0.1, 0.15) is 0 Å². The van der Waals surface area contributed by atoms with Gasteiger partial charge in [-0.15, -0.1) is 0 Å². The van der Waals surface area contributed by atoms with Crippen LogP contribution in [-0.2, 0) is 0 Å².